The van der Waals surface area contributed by atoms with Crippen LogP contribution in [0.1, 0.15) is 17.6 Å². The number of alkyl halides is 5. The summed E-state index contributed by atoms with van der Waals surface area (Å²) in [4.78, 5) is 3.27. The van der Waals surface area contributed by atoms with Gasteiger partial charge in [-0.05, 0) is 0 Å². The Morgan fingerprint density at radius 1 is 1.39 bits per heavy atom. The van der Waals surface area contributed by atoms with Gasteiger partial charge in [-0.15, -0.1) is 13.2 Å². The summed E-state index contributed by atoms with van der Waals surface area (Å²) in [6.07, 6.45) is -7.67. The van der Waals surface area contributed by atoms with Crippen LogP contribution in [0.4, 0.5) is 22.0 Å². The molecule has 0 spiro atoms. The highest BCUT2D eigenvalue weighted by Crippen LogP contribution is 2.37. The highest BCUT2D eigenvalue weighted by Gasteiger charge is 2.34. The van der Waals surface area contributed by atoms with E-state index in [0.717, 1.165) is 7.11 Å². The van der Waals surface area contributed by atoms with Gasteiger partial charge in [-0.25, -0.2) is 13.8 Å². The van der Waals surface area contributed by atoms with Crippen molar-refractivity contribution in [2.75, 3.05) is 7.11 Å². The van der Waals surface area contributed by atoms with Crippen molar-refractivity contribution in [3.63, 3.8) is 0 Å². The lowest BCUT2D eigenvalue weighted by atomic mass is 10.1. The predicted molar refractivity (Wildman–Crippen MR) is 48.4 cm³/mol. The Morgan fingerprint density at radius 2 is 2.00 bits per heavy atom. The molecule has 1 rings (SSSR count). The molecule has 1 aromatic rings. The van der Waals surface area contributed by atoms with E-state index in [1.54, 1.807) is 0 Å². The van der Waals surface area contributed by atoms with Gasteiger partial charge < -0.3 is 14.6 Å². The molecule has 0 atom stereocenters. The smallest absolute Gasteiger partial charge is 0.481 e. The number of nitrogens with zero attached hydrogens (tertiary/aromatic N) is 1. The number of hydrogen-bond donors (Lipinski definition) is 1. The number of aliphatic hydroxyl groups excluding tert-OH is 1. The van der Waals surface area contributed by atoms with Crippen LogP contribution in [0.3, 0.4) is 0 Å². The fraction of sp³-hybridized carbons (Fsp3) is 0.444. The summed E-state index contributed by atoms with van der Waals surface area (Å²) < 4.78 is 69.5. The maximum Gasteiger partial charge on any atom is 0.573 e. The second-order valence-electron chi connectivity index (χ2n) is 3.03. The van der Waals surface area contributed by atoms with Gasteiger partial charge in [0.25, 0.3) is 6.43 Å². The minimum atomic E-state index is -5.07. The lowest BCUT2D eigenvalue weighted by Gasteiger charge is -2.16. The summed E-state index contributed by atoms with van der Waals surface area (Å²) in [7, 11) is 1.03. The molecule has 0 amide bonds. The maximum atomic E-state index is 12.7. The van der Waals surface area contributed by atoms with Crippen LogP contribution in [-0.2, 0) is 6.61 Å². The average molecular weight is 273 g/mol. The number of hydrogen-bond acceptors (Lipinski definition) is 4. The molecule has 4 nitrogen and oxygen atoms in total. The fourth-order valence-corrected chi connectivity index (χ4v) is 1.29. The predicted octanol–water partition coefficient (Wildman–Crippen LogP) is 2.42. The lowest BCUT2D eigenvalue weighted by Crippen LogP contribution is -2.19. The zero-order valence-electron chi connectivity index (χ0n) is 8.96. The van der Waals surface area contributed by atoms with Crippen LogP contribution in [0.2, 0.25) is 0 Å². The van der Waals surface area contributed by atoms with Crippen molar-refractivity contribution in [3.05, 3.63) is 17.3 Å². The van der Waals surface area contributed by atoms with Crippen molar-refractivity contribution in [2.45, 2.75) is 19.4 Å². The van der Waals surface area contributed by atoms with Crippen molar-refractivity contribution in [2.24, 2.45) is 0 Å². The second-order valence-corrected chi connectivity index (χ2v) is 3.03. The molecule has 0 saturated carbocycles. The number of rotatable bonds is 4. The van der Waals surface area contributed by atoms with Gasteiger partial charge in [-0.3, -0.25) is 0 Å². The normalized spacial score (nSPS) is 11.8. The van der Waals surface area contributed by atoms with Crippen LogP contribution in [0.15, 0.2) is 6.20 Å². The SMILES string of the molecule is COc1ncc(OC(F)(F)F)c(CO)c1C(F)F. The molecule has 0 bridgehead atoms. The number of aliphatic hydroxyl groups is 1. The molecular formula is C9H8F5NO3. The molecule has 0 radical (unpaired) electrons. The number of halogens is 5. The molecule has 102 valence electrons. The maximum absolute atomic E-state index is 12.7. The number of methoxy groups -OCH3 is 1. The molecule has 0 aliphatic heterocycles. The van der Waals surface area contributed by atoms with E-state index in [0.29, 0.717) is 6.20 Å². The first-order valence-corrected chi connectivity index (χ1v) is 4.50. The summed E-state index contributed by atoms with van der Waals surface area (Å²) in [5.74, 6) is -1.55. The van der Waals surface area contributed by atoms with Gasteiger partial charge in [0.15, 0.2) is 5.75 Å². The summed E-state index contributed by atoms with van der Waals surface area (Å²) in [6, 6.07) is 0. The molecule has 1 N–H and O–H groups in total. The molecule has 1 aromatic heterocycles. The van der Waals surface area contributed by atoms with Crippen molar-refractivity contribution >= 4 is 0 Å². The van der Waals surface area contributed by atoms with Crippen molar-refractivity contribution < 1.29 is 36.5 Å². The average Bonchev–Trinajstić information content (AvgIpc) is 2.26. The summed E-state index contributed by atoms with van der Waals surface area (Å²) >= 11 is 0. The van der Waals surface area contributed by atoms with Gasteiger partial charge in [0.1, 0.15) is 0 Å². The number of ether oxygens (including phenoxy) is 2. The Bertz CT molecular complexity index is 421. The van der Waals surface area contributed by atoms with E-state index >= 15 is 0 Å². The number of pyridine rings is 1. The van der Waals surface area contributed by atoms with Crippen molar-refractivity contribution in [3.8, 4) is 11.6 Å². The molecule has 0 fully saturated rings. The van der Waals surface area contributed by atoms with E-state index in [2.05, 4.69) is 14.5 Å². The molecular weight excluding hydrogens is 265 g/mol. The zero-order valence-corrected chi connectivity index (χ0v) is 8.96. The molecule has 9 heteroatoms. The minimum Gasteiger partial charge on any atom is -0.481 e. The van der Waals surface area contributed by atoms with Crippen LogP contribution in [-0.4, -0.2) is 23.6 Å². The van der Waals surface area contributed by atoms with Crippen LogP contribution < -0.4 is 9.47 Å². The molecule has 18 heavy (non-hydrogen) atoms. The van der Waals surface area contributed by atoms with Crippen LogP contribution >= 0.6 is 0 Å². The van der Waals surface area contributed by atoms with Crippen molar-refractivity contribution in [1.82, 2.24) is 4.98 Å². The van der Waals surface area contributed by atoms with E-state index < -0.39 is 42.2 Å². The van der Waals surface area contributed by atoms with E-state index in [1.165, 1.54) is 0 Å². The minimum absolute atomic E-state index is 0.559. The first-order chi connectivity index (χ1) is 8.30. The monoisotopic (exact) mass is 273 g/mol. The molecule has 1 heterocycles. The fourth-order valence-electron chi connectivity index (χ4n) is 1.29. The Kier molecular flexibility index (Phi) is 4.28. The van der Waals surface area contributed by atoms with Crippen LogP contribution in [0.5, 0.6) is 11.6 Å². The molecule has 0 aliphatic carbocycles. The van der Waals surface area contributed by atoms with E-state index in [1.807, 2.05) is 0 Å². The standard InChI is InChI=1S/C9H8F5NO3/c1-17-8-6(7(10)11)4(3-16)5(2-15-8)18-9(12,13)14/h2,7,16H,3H2,1H3. The molecule has 0 aliphatic rings. The third-order valence-corrected chi connectivity index (χ3v) is 1.95. The highest BCUT2D eigenvalue weighted by atomic mass is 19.4. The molecule has 0 unspecified atom stereocenters. The summed E-state index contributed by atoms with van der Waals surface area (Å²) in [5, 5.41) is 8.90. The quantitative estimate of drug-likeness (QED) is 0.856. The van der Waals surface area contributed by atoms with Gasteiger partial charge in [0, 0.05) is 5.56 Å². The van der Waals surface area contributed by atoms with Gasteiger partial charge in [-0.2, -0.15) is 0 Å². The Balaban J connectivity index is 3.33. The second kappa shape index (κ2) is 5.34. The van der Waals surface area contributed by atoms with Crippen LogP contribution in [0, 0.1) is 0 Å². The van der Waals surface area contributed by atoms with Gasteiger partial charge in [0.2, 0.25) is 5.88 Å². The largest absolute Gasteiger partial charge is 0.573 e. The van der Waals surface area contributed by atoms with Crippen molar-refractivity contribution in [1.29, 1.82) is 0 Å². The highest BCUT2D eigenvalue weighted by molar-refractivity contribution is 5.44. The lowest BCUT2D eigenvalue weighted by molar-refractivity contribution is -0.275. The van der Waals surface area contributed by atoms with Gasteiger partial charge in [0.05, 0.1) is 25.5 Å². The zero-order chi connectivity index (χ0) is 13.9. The first-order valence-electron chi connectivity index (χ1n) is 4.50. The topological polar surface area (TPSA) is 51.6 Å². The van der Waals surface area contributed by atoms with Crippen LogP contribution in [0.25, 0.3) is 0 Å². The third kappa shape index (κ3) is 3.19. The van der Waals surface area contributed by atoms with Gasteiger partial charge in [-0.1, -0.05) is 0 Å². The first kappa shape index (κ1) is 14.4. The Labute approximate surface area is 98.0 Å². The third-order valence-electron chi connectivity index (χ3n) is 1.95. The molecule has 0 saturated heterocycles. The van der Waals surface area contributed by atoms with E-state index in [4.69, 9.17) is 5.11 Å². The summed E-state index contributed by atoms with van der Waals surface area (Å²) in [5.41, 5.74) is -1.64. The number of aromatic nitrogens is 1. The Hall–Kier alpha value is -1.64. The Morgan fingerprint density at radius 3 is 2.39 bits per heavy atom. The van der Waals surface area contributed by atoms with E-state index in [-0.39, 0.29) is 0 Å². The van der Waals surface area contributed by atoms with E-state index in [9.17, 15) is 22.0 Å². The molecule has 0 aromatic carbocycles. The van der Waals surface area contributed by atoms with Gasteiger partial charge >= 0.3 is 6.36 Å². The summed E-state index contributed by atoms with van der Waals surface area (Å²) in [6.45, 7) is -1.07.